The lowest BCUT2D eigenvalue weighted by Gasteiger charge is -2.05. The van der Waals surface area contributed by atoms with Gasteiger partial charge in [0.05, 0.1) is 30.1 Å². The second-order valence-electron chi connectivity index (χ2n) is 5.86. The van der Waals surface area contributed by atoms with Crippen molar-refractivity contribution >= 4 is 5.69 Å². The summed E-state index contributed by atoms with van der Waals surface area (Å²) in [5, 5.41) is 10.9. The van der Waals surface area contributed by atoms with Gasteiger partial charge < -0.3 is 13.6 Å². The van der Waals surface area contributed by atoms with Crippen LogP contribution in [0.2, 0.25) is 0 Å². The molecule has 0 aliphatic rings. The lowest BCUT2D eigenvalue weighted by Crippen LogP contribution is -1.87. The molecule has 0 spiro atoms. The van der Waals surface area contributed by atoms with Crippen molar-refractivity contribution in [2.24, 2.45) is 0 Å². The Morgan fingerprint density at radius 3 is 2.00 bits per heavy atom. The zero-order chi connectivity index (χ0) is 18.8. The Labute approximate surface area is 154 Å². The van der Waals surface area contributed by atoms with Gasteiger partial charge in [-0.3, -0.25) is 10.1 Å². The molecule has 2 aromatic carbocycles. The molecule has 0 saturated carbocycles. The van der Waals surface area contributed by atoms with Gasteiger partial charge in [0, 0.05) is 23.3 Å². The summed E-state index contributed by atoms with van der Waals surface area (Å²) in [5.41, 5.74) is 3.44. The van der Waals surface area contributed by atoms with Crippen LogP contribution in [0, 0.1) is 10.1 Å². The molecule has 0 aliphatic carbocycles. The highest BCUT2D eigenvalue weighted by Gasteiger charge is 2.19. The summed E-state index contributed by atoms with van der Waals surface area (Å²) in [6.07, 6.45) is 3.20. The van der Waals surface area contributed by atoms with Crippen LogP contribution in [0.1, 0.15) is 0 Å². The SMILES string of the molecule is COc1ccc(-c2ccoc2-c2ccoc2-c2ccc([N+](=O)[O-])cc2)cc1. The number of ether oxygens (including phenoxy) is 1. The summed E-state index contributed by atoms with van der Waals surface area (Å²) in [7, 11) is 1.63. The van der Waals surface area contributed by atoms with Gasteiger partial charge in [-0.2, -0.15) is 0 Å². The fourth-order valence-electron chi connectivity index (χ4n) is 2.96. The monoisotopic (exact) mass is 361 g/mol. The van der Waals surface area contributed by atoms with Gasteiger partial charge in [0.25, 0.3) is 5.69 Å². The van der Waals surface area contributed by atoms with Crippen LogP contribution in [0.5, 0.6) is 5.75 Å². The molecule has 0 fully saturated rings. The van der Waals surface area contributed by atoms with Crippen molar-refractivity contribution in [2.75, 3.05) is 7.11 Å². The molecule has 0 aliphatic heterocycles. The lowest BCUT2D eigenvalue weighted by atomic mass is 10.00. The highest BCUT2D eigenvalue weighted by Crippen LogP contribution is 2.40. The van der Waals surface area contributed by atoms with Gasteiger partial charge in [0.15, 0.2) is 0 Å². The topological polar surface area (TPSA) is 78.7 Å². The summed E-state index contributed by atoms with van der Waals surface area (Å²) in [6, 6.07) is 17.6. The molecule has 27 heavy (non-hydrogen) atoms. The summed E-state index contributed by atoms with van der Waals surface area (Å²) < 4.78 is 16.6. The normalized spacial score (nSPS) is 10.7. The second kappa shape index (κ2) is 6.84. The van der Waals surface area contributed by atoms with E-state index in [0.29, 0.717) is 11.5 Å². The first kappa shape index (κ1) is 16.7. The predicted molar refractivity (Wildman–Crippen MR) is 100 cm³/mol. The highest BCUT2D eigenvalue weighted by molar-refractivity contribution is 5.86. The van der Waals surface area contributed by atoms with Gasteiger partial charge in [-0.15, -0.1) is 0 Å². The number of hydrogen-bond acceptors (Lipinski definition) is 5. The van der Waals surface area contributed by atoms with Crippen molar-refractivity contribution in [1.82, 2.24) is 0 Å². The van der Waals surface area contributed by atoms with E-state index in [1.54, 1.807) is 31.8 Å². The average molecular weight is 361 g/mol. The Morgan fingerprint density at radius 1 is 0.778 bits per heavy atom. The molecule has 0 N–H and O–H groups in total. The minimum absolute atomic E-state index is 0.0313. The molecule has 6 heteroatoms. The van der Waals surface area contributed by atoms with Crippen LogP contribution in [0.3, 0.4) is 0 Å². The summed E-state index contributed by atoms with van der Waals surface area (Å²) in [4.78, 5) is 10.4. The van der Waals surface area contributed by atoms with E-state index < -0.39 is 4.92 Å². The molecule has 0 radical (unpaired) electrons. The van der Waals surface area contributed by atoms with Crippen molar-refractivity contribution in [3.8, 4) is 39.5 Å². The molecule has 6 nitrogen and oxygen atoms in total. The molecule has 0 bridgehead atoms. The summed E-state index contributed by atoms with van der Waals surface area (Å²) in [5.74, 6) is 2.04. The van der Waals surface area contributed by atoms with Gasteiger partial charge in [-0.1, -0.05) is 12.1 Å². The van der Waals surface area contributed by atoms with Crippen LogP contribution in [-0.4, -0.2) is 12.0 Å². The van der Waals surface area contributed by atoms with Gasteiger partial charge in [-0.25, -0.2) is 0 Å². The summed E-state index contributed by atoms with van der Waals surface area (Å²) in [6.45, 7) is 0. The van der Waals surface area contributed by atoms with Crippen molar-refractivity contribution < 1.29 is 18.5 Å². The zero-order valence-corrected chi connectivity index (χ0v) is 14.4. The van der Waals surface area contributed by atoms with Crippen LogP contribution in [0.25, 0.3) is 33.8 Å². The number of nitrogens with zero attached hydrogens (tertiary/aromatic N) is 1. The van der Waals surface area contributed by atoms with E-state index in [-0.39, 0.29) is 5.69 Å². The third kappa shape index (κ3) is 3.08. The number of furan rings is 2. The largest absolute Gasteiger partial charge is 0.497 e. The Bertz CT molecular complexity index is 1070. The molecule has 4 aromatic rings. The molecule has 2 aromatic heterocycles. The van der Waals surface area contributed by atoms with Crippen molar-refractivity contribution in [3.63, 3.8) is 0 Å². The summed E-state index contributed by atoms with van der Waals surface area (Å²) >= 11 is 0. The molecule has 0 atom stereocenters. The zero-order valence-electron chi connectivity index (χ0n) is 14.4. The van der Waals surface area contributed by atoms with E-state index in [9.17, 15) is 10.1 Å². The quantitative estimate of drug-likeness (QED) is 0.332. The number of non-ortho nitro benzene ring substituents is 1. The third-order valence-corrected chi connectivity index (χ3v) is 4.32. The van der Waals surface area contributed by atoms with Gasteiger partial charge in [0.1, 0.15) is 17.3 Å². The van der Waals surface area contributed by atoms with Crippen molar-refractivity contribution in [1.29, 1.82) is 0 Å². The number of nitro groups is 1. The predicted octanol–water partition coefficient (Wildman–Crippen LogP) is 5.79. The molecule has 4 rings (SSSR count). The Hall–Kier alpha value is -3.80. The number of benzene rings is 2. The van der Waals surface area contributed by atoms with Crippen molar-refractivity contribution in [2.45, 2.75) is 0 Å². The van der Waals surface area contributed by atoms with Gasteiger partial charge in [-0.05, 0) is 42.0 Å². The van der Waals surface area contributed by atoms with E-state index in [4.69, 9.17) is 13.6 Å². The Balaban J connectivity index is 1.75. The van der Waals surface area contributed by atoms with E-state index in [0.717, 1.165) is 28.0 Å². The molecule has 0 amide bonds. The maximum Gasteiger partial charge on any atom is 0.269 e. The van der Waals surface area contributed by atoms with Crippen LogP contribution in [0.4, 0.5) is 5.69 Å². The van der Waals surface area contributed by atoms with Crippen LogP contribution in [0.15, 0.2) is 82.0 Å². The Morgan fingerprint density at radius 2 is 1.37 bits per heavy atom. The standard InChI is InChI=1S/C21H15NO5/c1-25-17-8-4-14(5-9-17)18-10-12-27-21(18)19-11-13-26-20(19)15-2-6-16(7-3-15)22(23)24/h2-13H,1H3. The fourth-order valence-corrected chi connectivity index (χ4v) is 2.96. The first-order valence-electron chi connectivity index (χ1n) is 8.22. The van der Waals surface area contributed by atoms with Crippen LogP contribution >= 0.6 is 0 Å². The molecular weight excluding hydrogens is 346 g/mol. The number of hydrogen-bond donors (Lipinski definition) is 0. The fraction of sp³-hybridized carbons (Fsp3) is 0.0476. The van der Waals surface area contributed by atoms with Crippen LogP contribution in [-0.2, 0) is 0 Å². The first-order valence-corrected chi connectivity index (χ1v) is 8.22. The van der Waals surface area contributed by atoms with Crippen LogP contribution < -0.4 is 4.74 Å². The van der Waals surface area contributed by atoms with Crippen molar-refractivity contribution in [3.05, 3.63) is 83.3 Å². The number of rotatable bonds is 5. The molecular formula is C21H15NO5. The lowest BCUT2D eigenvalue weighted by molar-refractivity contribution is -0.384. The first-order chi connectivity index (χ1) is 13.2. The van der Waals surface area contributed by atoms with E-state index in [1.807, 2.05) is 36.4 Å². The Kier molecular flexibility index (Phi) is 4.22. The smallest absolute Gasteiger partial charge is 0.269 e. The average Bonchev–Trinajstić information content (AvgIpc) is 3.37. The van der Waals surface area contributed by atoms with E-state index in [2.05, 4.69) is 0 Å². The number of methoxy groups -OCH3 is 1. The van der Waals surface area contributed by atoms with Gasteiger partial charge >= 0.3 is 0 Å². The molecule has 2 heterocycles. The minimum atomic E-state index is -0.429. The number of nitro benzene ring substituents is 1. The molecule has 0 unspecified atom stereocenters. The van der Waals surface area contributed by atoms with E-state index in [1.165, 1.54) is 12.1 Å². The maximum atomic E-state index is 10.9. The highest BCUT2D eigenvalue weighted by atomic mass is 16.6. The second-order valence-corrected chi connectivity index (χ2v) is 5.86. The minimum Gasteiger partial charge on any atom is -0.497 e. The van der Waals surface area contributed by atoms with Gasteiger partial charge in [0.2, 0.25) is 0 Å². The van der Waals surface area contributed by atoms with E-state index >= 15 is 0 Å². The maximum absolute atomic E-state index is 10.9. The molecule has 0 saturated heterocycles. The third-order valence-electron chi connectivity index (χ3n) is 4.32. The molecule has 134 valence electrons.